The van der Waals surface area contributed by atoms with Crippen molar-refractivity contribution in [2.45, 2.75) is 6.54 Å². The van der Waals surface area contributed by atoms with Crippen LogP contribution in [0.3, 0.4) is 0 Å². The minimum Gasteiger partial charge on any atom is -0.494 e. The van der Waals surface area contributed by atoms with Crippen molar-refractivity contribution in [2.75, 3.05) is 12.4 Å². The first kappa shape index (κ1) is 38.5. The molecule has 0 bridgehead atoms. The number of para-hydroxylation sites is 3. The van der Waals surface area contributed by atoms with E-state index in [4.69, 9.17) is 32.9 Å². The number of aromatic amines is 1. The number of nitrogens with zero attached hydrogens (tertiary/aromatic N) is 6. The van der Waals surface area contributed by atoms with Gasteiger partial charge in [0.1, 0.15) is 22.8 Å². The van der Waals surface area contributed by atoms with E-state index >= 15 is 0 Å². The summed E-state index contributed by atoms with van der Waals surface area (Å²) in [6.07, 6.45) is 3.05. The van der Waals surface area contributed by atoms with E-state index in [1.807, 2.05) is 72.8 Å². The van der Waals surface area contributed by atoms with Crippen molar-refractivity contribution < 1.29 is 9.13 Å². The first-order chi connectivity index (χ1) is 26.7. The molecule has 4 aromatic carbocycles. The molecule has 0 amide bonds. The van der Waals surface area contributed by atoms with Crippen molar-refractivity contribution in [1.29, 1.82) is 0 Å². The molecule has 0 saturated heterocycles. The molecule has 0 unspecified atom stereocenters. The van der Waals surface area contributed by atoms with Crippen LogP contribution in [0.1, 0.15) is 5.56 Å². The number of pyridine rings is 3. The third kappa shape index (κ3) is 8.87. The third-order valence-corrected chi connectivity index (χ3v) is 10.6. The summed E-state index contributed by atoms with van der Waals surface area (Å²) in [5.41, 5.74) is 6.26. The monoisotopic (exact) mass is 960 g/mol. The van der Waals surface area contributed by atoms with Gasteiger partial charge in [0.2, 0.25) is 0 Å². The molecule has 9 rings (SSSR count). The maximum atomic E-state index is 13.9. The molecule has 0 atom stereocenters. The summed E-state index contributed by atoms with van der Waals surface area (Å²) in [5, 5.41) is 7.31. The number of fused-ring (bicyclic) bond motifs is 4. The first-order valence-corrected chi connectivity index (χ1v) is 19.5. The largest absolute Gasteiger partial charge is 0.494 e. The highest BCUT2D eigenvalue weighted by Crippen LogP contribution is 2.32. The molecule has 0 aliphatic rings. The van der Waals surface area contributed by atoms with Crippen LogP contribution in [0.25, 0.3) is 55.1 Å². The standard InChI is InChI=1S/C21H14BrFN6.C10H7BrClNO.C9H5BrClN/c22-16-6-2-4-12-7-14(9-24-20-19-21(26-10-25-19)28-11-27-20)17(29-18(12)16)13-3-1-5-15(23)8-13;1-14-8-5-6-3-2-4-7(11)9(6)13-10(8)12;10-7-3-1-2-6-4-5-8(11)12-9(6)7/h1-8,10-11H,9H2,(H2,24,25,26,27,28);2-5H,1H3;1-5H. The van der Waals surface area contributed by atoms with Gasteiger partial charge in [-0.15, -0.1) is 0 Å². The Hall–Kier alpha value is -4.79. The number of anilines is 1. The average molecular weight is 964 g/mol. The number of H-pyrrole nitrogens is 1. The van der Waals surface area contributed by atoms with Crippen molar-refractivity contribution in [3.63, 3.8) is 0 Å². The Kier molecular flexibility index (Phi) is 12.1. The minimum atomic E-state index is -0.301. The van der Waals surface area contributed by atoms with E-state index in [0.29, 0.717) is 45.3 Å². The number of nitrogens with one attached hydrogen (secondary N) is 2. The lowest BCUT2D eigenvalue weighted by molar-refractivity contribution is 0.414. The third-order valence-electron chi connectivity index (χ3n) is 8.22. The lowest BCUT2D eigenvalue weighted by Gasteiger charge is -2.13. The van der Waals surface area contributed by atoms with Crippen molar-refractivity contribution in [1.82, 2.24) is 34.9 Å². The smallest absolute Gasteiger partial charge is 0.182 e. The normalized spacial score (nSPS) is 10.9. The van der Waals surface area contributed by atoms with Gasteiger partial charge in [-0.1, -0.05) is 71.7 Å². The molecule has 5 heterocycles. The highest BCUT2D eigenvalue weighted by Gasteiger charge is 2.14. The molecule has 5 aromatic heterocycles. The van der Waals surface area contributed by atoms with Crippen molar-refractivity contribution in [2.24, 2.45) is 0 Å². The molecule has 55 heavy (non-hydrogen) atoms. The molecule has 9 aromatic rings. The molecule has 2 N–H and O–H groups in total. The van der Waals surface area contributed by atoms with Crippen LogP contribution in [0.15, 0.2) is 129 Å². The Bertz CT molecular complexity index is 2830. The number of aromatic nitrogens is 7. The van der Waals surface area contributed by atoms with Gasteiger partial charge >= 0.3 is 0 Å². The van der Waals surface area contributed by atoms with Gasteiger partial charge < -0.3 is 15.0 Å². The Morgan fingerprint density at radius 1 is 0.709 bits per heavy atom. The molecule has 0 radical (unpaired) electrons. The van der Waals surface area contributed by atoms with Gasteiger partial charge in [-0.05, 0) is 108 Å². The molecule has 0 spiro atoms. The second-order valence-corrected chi connectivity index (χ2v) is 15.0. The van der Waals surface area contributed by atoms with Gasteiger partial charge in [0.25, 0.3) is 0 Å². The lowest BCUT2D eigenvalue weighted by Crippen LogP contribution is -2.05. The average Bonchev–Trinajstić information content (AvgIpc) is 3.68. The maximum Gasteiger partial charge on any atom is 0.182 e. The van der Waals surface area contributed by atoms with Gasteiger partial charge in [0.15, 0.2) is 22.4 Å². The van der Waals surface area contributed by atoms with E-state index in [-0.39, 0.29) is 5.82 Å². The van der Waals surface area contributed by atoms with Gasteiger partial charge in [-0.25, -0.2) is 34.3 Å². The van der Waals surface area contributed by atoms with E-state index in [0.717, 1.165) is 57.2 Å². The number of imidazole rings is 1. The minimum absolute atomic E-state index is 0.301. The Morgan fingerprint density at radius 3 is 2.07 bits per heavy atom. The Balaban J connectivity index is 0.000000148. The van der Waals surface area contributed by atoms with Crippen molar-refractivity contribution in [3.05, 3.63) is 151 Å². The molecular weight excluding hydrogens is 938 g/mol. The lowest BCUT2D eigenvalue weighted by atomic mass is 10.0. The van der Waals surface area contributed by atoms with Crippen LogP contribution < -0.4 is 10.1 Å². The predicted octanol–water partition coefficient (Wildman–Crippen LogP) is 12.4. The quantitative estimate of drug-likeness (QED) is 0.164. The number of rotatable bonds is 5. The summed E-state index contributed by atoms with van der Waals surface area (Å²) >= 11 is 22.1. The van der Waals surface area contributed by atoms with Gasteiger partial charge in [0.05, 0.1) is 35.7 Å². The predicted molar refractivity (Wildman–Crippen MR) is 229 cm³/mol. The van der Waals surface area contributed by atoms with Gasteiger partial charge in [-0.3, -0.25) is 0 Å². The molecule has 0 aliphatic carbocycles. The van der Waals surface area contributed by atoms with Crippen LogP contribution in [0.4, 0.5) is 10.2 Å². The van der Waals surface area contributed by atoms with Crippen LogP contribution in [-0.4, -0.2) is 42.0 Å². The summed E-state index contributed by atoms with van der Waals surface area (Å²) in [4.78, 5) is 28.9. The fraction of sp³-hybridized carbons (Fsp3) is 0.0500. The van der Waals surface area contributed by atoms with Gasteiger partial charge in [-0.2, -0.15) is 0 Å². The number of methoxy groups -OCH3 is 1. The fourth-order valence-corrected chi connectivity index (χ4v) is 7.43. The van der Waals surface area contributed by atoms with Crippen molar-refractivity contribution in [3.8, 4) is 17.0 Å². The summed E-state index contributed by atoms with van der Waals surface area (Å²) < 4.78 is 21.8. The van der Waals surface area contributed by atoms with E-state index in [9.17, 15) is 4.39 Å². The zero-order valence-corrected chi connectivity index (χ0v) is 34.8. The van der Waals surface area contributed by atoms with Gasteiger partial charge in [0, 0.05) is 41.7 Å². The molecule has 0 aliphatic heterocycles. The summed E-state index contributed by atoms with van der Waals surface area (Å²) in [6, 6.07) is 31.8. The number of halogens is 6. The molecule has 15 heteroatoms. The molecular formula is C40H26Br3Cl2FN8O. The Morgan fingerprint density at radius 2 is 1.36 bits per heavy atom. The van der Waals surface area contributed by atoms with E-state index in [1.165, 1.54) is 18.5 Å². The second-order valence-electron chi connectivity index (χ2n) is 11.7. The van der Waals surface area contributed by atoms with Crippen LogP contribution >= 0.6 is 71.0 Å². The maximum absolute atomic E-state index is 13.9. The van der Waals surface area contributed by atoms with Crippen LogP contribution in [0, 0.1) is 5.82 Å². The summed E-state index contributed by atoms with van der Waals surface area (Å²) in [6.45, 7) is 0.451. The zero-order valence-electron chi connectivity index (χ0n) is 28.5. The number of benzene rings is 4. The number of ether oxygens (including phenoxy) is 1. The Labute approximate surface area is 349 Å². The van der Waals surface area contributed by atoms with Crippen molar-refractivity contribution >= 4 is 121 Å². The highest BCUT2D eigenvalue weighted by atomic mass is 79.9. The van der Waals surface area contributed by atoms with Crippen LogP contribution in [0.2, 0.25) is 10.3 Å². The molecule has 274 valence electrons. The number of hydrogen-bond acceptors (Lipinski definition) is 8. The summed E-state index contributed by atoms with van der Waals surface area (Å²) in [5.74, 6) is 0.940. The fourth-order valence-electron chi connectivity index (χ4n) is 5.66. The zero-order chi connectivity index (χ0) is 38.5. The van der Waals surface area contributed by atoms with Crippen LogP contribution in [0.5, 0.6) is 5.75 Å². The summed E-state index contributed by atoms with van der Waals surface area (Å²) in [7, 11) is 1.58. The SMILES string of the molecule is COc1cc2cccc(Br)c2nc1Cl.Clc1ccc2cccc(Br)c2n1.Fc1cccc(-c2nc3c(Br)cccc3cc2CNc2ncnc3nc[nH]c23)c1. The first-order valence-electron chi connectivity index (χ1n) is 16.4. The number of hydrogen-bond donors (Lipinski definition) is 2. The van der Waals surface area contributed by atoms with E-state index in [1.54, 1.807) is 25.6 Å². The second kappa shape index (κ2) is 17.3. The molecule has 0 saturated carbocycles. The molecule has 0 fully saturated rings. The van der Waals surface area contributed by atoms with E-state index in [2.05, 4.69) is 89.1 Å². The van der Waals surface area contributed by atoms with E-state index < -0.39 is 0 Å². The topological polar surface area (TPSA) is 114 Å². The van der Waals surface area contributed by atoms with Crippen LogP contribution in [-0.2, 0) is 6.54 Å². The highest BCUT2D eigenvalue weighted by molar-refractivity contribution is 9.11. The molecule has 9 nitrogen and oxygen atoms in total.